The fraction of sp³-hybridized carbons (Fsp3) is 0.500. The second kappa shape index (κ2) is 6.76. The summed E-state index contributed by atoms with van der Waals surface area (Å²) in [5.74, 6) is 1.60. The van der Waals surface area contributed by atoms with Crippen molar-refractivity contribution < 1.29 is 9.47 Å². The molecule has 1 aromatic carbocycles. The van der Waals surface area contributed by atoms with Crippen molar-refractivity contribution >= 4 is 15.9 Å². The maximum Gasteiger partial charge on any atom is 0.165 e. The first-order valence-electron chi connectivity index (χ1n) is 5.42. The quantitative estimate of drug-likeness (QED) is 0.873. The van der Waals surface area contributed by atoms with Crippen molar-refractivity contribution in [2.45, 2.75) is 20.4 Å². The summed E-state index contributed by atoms with van der Waals surface area (Å²) >= 11 is 3.47. The lowest BCUT2D eigenvalue weighted by Gasteiger charge is -2.15. The minimum atomic E-state index is 0.636. The Morgan fingerprint density at radius 2 is 2.06 bits per heavy atom. The summed E-state index contributed by atoms with van der Waals surface area (Å²) in [5.41, 5.74) is 1.11. The molecule has 1 aromatic rings. The molecule has 0 aromatic heterocycles. The lowest BCUT2D eigenvalue weighted by Crippen LogP contribution is -2.13. The Morgan fingerprint density at radius 1 is 1.31 bits per heavy atom. The summed E-state index contributed by atoms with van der Waals surface area (Å²) in [5, 5.41) is 3.29. The van der Waals surface area contributed by atoms with Gasteiger partial charge in [0.05, 0.1) is 13.7 Å². The van der Waals surface area contributed by atoms with Gasteiger partial charge in [-0.3, -0.25) is 0 Å². The molecule has 1 rings (SSSR count). The van der Waals surface area contributed by atoms with E-state index in [1.807, 2.05) is 13.0 Å². The highest BCUT2D eigenvalue weighted by Gasteiger charge is 2.11. The molecule has 3 nitrogen and oxygen atoms in total. The molecule has 0 atom stereocenters. The van der Waals surface area contributed by atoms with Gasteiger partial charge in [-0.25, -0.2) is 0 Å². The van der Waals surface area contributed by atoms with Gasteiger partial charge in [0, 0.05) is 16.6 Å². The molecule has 0 saturated carbocycles. The van der Waals surface area contributed by atoms with Gasteiger partial charge in [-0.1, -0.05) is 22.9 Å². The number of hydrogen-bond acceptors (Lipinski definition) is 3. The van der Waals surface area contributed by atoms with Gasteiger partial charge in [-0.05, 0) is 25.6 Å². The second-order valence-corrected chi connectivity index (χ2v) is 4.23. The molecule has 0 aliphatic heterocycles. The Kier molecular flexibility index (Phi) is 5.63. The van der Waals surface area contributed by atoms with Crippen molar-refractivity contribution in [3.8, 4) is 11.5 Å². The van der Waals surface area contributed by atoms with Gasteiger partial charge in [-0.15, -0.1) is 0 Å². The van der Waals surface area contributed by atoms with Crippen LogP contribution in [0.5, 0.6) is 11.5 Å². The van der Waals surface area contributed by atoms with E-state index in [1.54, 1.807) is 7.11 Å². The number of hydrogen-bond donors (Lipinski definition) is 1. The molecule has 90 valence electrons. The fourth-order valence-electron chi connectivity index (χ4n) is 1.47. The van der Waals surface area contributed by atoms with E-state index >= 15 is 0 Å². The molecule has 0 bridgehead atoms. The van der Waals surface area contributed by atoms with E-state index in [2.05, 4.69) is 34.2 Å². The topological polar surface area (TPSA) is 30.5 Å². The first-order chi connectivity index (χ1) is 7.72. The van der Waals surface area contributed by atoms with Gasteiger partial charge in [-0.2, -0.15) is 0 Å². The van der Waals surface area contributed by atoms with Gasteiger partial charge >= 0.3 is 0 Å². The summed E-state index contributed by atoms with van der Waals surface area (Å²) in [6.07, 6.45) is 0. The number of benzene rings is 1. The number of halogens is 1. The van der Waals surface area contributed by atoms with Crippen LogP contribution in [-0.4, -0.2) is 20.3 Å². The first-order valence-corrected chi connectivity index (χ1v) is 6.22. The number of methoxy groups -OCH3 is 1. The summed E-state index contributed by atoms with van der Waals surface area (Å²) < 4.78 is 11.9. The monoisotopic (exact) mass is 287 g/mol. The molecule has 0 aliphatic rings. The van der Waals surface area contributed by atoms with Gasteiger partial charge in [0.1, 0.15) is 0 Å². The molecule has 0 saturated heterocycles. The van der Waals surface area contributed by atoms with Gasteiger partial charge in [0.15, 0.2) is 11.5 Å². The van der Waals surface area contributed by atoms with Gasteiger partial charge in [0.2, 0.25) is 0 Å². The van der Waals surface area contributed by atoms with Crippen molar-refractivity contribution in [3.05, 3.63) is 22.2 Å². The summed E-state index contributed by atoms with van der Waals surface area (Å²) in [6.45, 7) is 6.40. The predicted octanol–water partition coefficient (Wildman–Crippen LogP) is 2.97. The van der Waals surface area contributed by atoms with Crippen molar-refractivity contribution in [1.29, 1.82) is 0 Å². The highest BCUT2D eigenvalue weighted by molar-refractivity contribution is 9.10. The largest absolute Gasteiger partial charge is 0.493 e. The normalized spacial score (nSPS) is 10.2. The summed E-state index contributed by atoms with van der Waals surface area (Å²) in [6, 6.07) is 3.97. The highest BCUT2D eigenvalue weighted by Crippen LogP contribution is 2.34. The zero-order valence-corrected chi connectivity index (χ0v) is 11.6. The van der Waals surface area contributed by atoms with Crippen LogP contribution >= 0.6 is 15.9 Å². The van der Waals surface area contributed by atoms with Crippen molar-refractivity contribution in [2.24, 2.45) is 0 Å². The van der Waals surface area contributed by atoms with Crippen LogP contribution in [0.15, 0.2) is 16.6 Å². The maximum atomic E-state index is 5.63. The Labute approximate surface area is 105 Å². The number of rotatable bonds is 6. The molecular formula is C12H18BrNO2. The molecule has 0 heterocycles. The van der Waals surface area contributed by atoms with Crippen LogP contribution in [0.3, 0.4) is 0 Å². The van der Waals surface area contributed by atoms with Crippen LogP contribution in [0.1, 0.15) is 19.4 Å². The fourth-order valence-corrected chi connectivity index (χ4v) is 1.96. The second-order valence-electron chi connectivity index (χ2n) is 3.31. The molecule has 0 amide bonds. The number of ether oxygens (including phenoxy) is 2. The molecule has 16 heavy (non-hydrogen) atoms. The lowest BCUT2D eigenvalue weighted by molar-refractivity contribution is 0.306. The Hall–Kier alpha value is -0.740. The van der Waals surface area contributed by atoms with E-state index < -0.39 is 0 Å². The van der Waals surface area contributed by atoms with E-state index in [4.69, 9.17) is 9.47 Å². The minimum Gasteiger partial charge on any atom is -0.493 e. The van der Waals surface area contributed by atoms with Gasteiger partial charge < -0.3 is 14.8 Å². The summed E-state index contributed by atoms with van der Waals surface area (Å²) in [7, 11) is 1.65. The van der Waals surface area contributed by atoms with E-state index in [0.29, 0.717) is 6.61 Å². The Bertz CT molecular complexity index is 342. The first kappa shape index (κ1) is 13.3. The van der Waals surface area contributed by atoms with Crippen LogP contribution in [-0.2, 0) is 6.54 Å². The zero-order chi connectivity index (χ0) is 12.0. The van der Waals surface area contributed by atoms with Crippen LogP contribution < -0.4 is 14.8 Å². The molecule has 0 unspecified atom stereocenters. The van der Waals surface area contributed by atoms with E-state index in [1.165, 1.54) is 0 Å². The third-order valence-electron chi connectivity index (χ3n) is 2.17. The van der Waals surface area contributed by atoms with Crippen LogP contribution in [0.4, 0.5) is 0 Å². The van der Waals surface area contributed by atoms with Gasteiger partial charge in [0.25, 0.3) is 0 Å². The summed E-state index contributed by atoms with van der Waals surface area (Å²) in [4.78, 5) is 0. The molecule has 4 heteroatoms. The Balaban J connectivity index is 3.05. The highest BCUT2D eigenvalue weighted by atomic mass is 79.9. The smallest absolute Gasteiger partial charge is 0.165 e. The molecule has 0 fully saturated rings. The zero-order valence-electron chi connectivity index (χ0n) is 9.97. The van der Waals surface area contributed by atoms with Crippen LogP contribution in [0.2, 0.25) is 0 Å². The molecule has 0 spiro atoms. The van der Waals surface area contributed by atoms with E-state index in [0.717, 1.165) is 34.6 Å². The van der Waals surface area contributed by atoms with E-state index in [9.17, 15) is 0 Å². The minimum absolute atomic E-state index is 0.636. The average molecular weight is 288 g/mol. The molecular weight excluding hydrogens is 270 g/mol. The molecule has 0 aliphatic carbocycles. The standard InChI is InChI=1S/C12H18BrNO2/c1-4-14-8-9-6-10(13)7-11(15-3)12(9)16-5-2/h6-7,14H,4-5,8H2,1-3H3. The predicted molar refractivity (Wildman–Crippen MR) is 69.2 cm³/mol. The Morgan fingerprint density at radius 3 is 2.62 bits per heavy atom. The van der Waals surface area contributed by atoms with Crippen LogP contribution in [0.25, 0.3) is 0 Å². The third-order valence-corrected chi connectivity index (χ3v) is 2.63. The maximum absolute atomic E-state index is 5.63. The third kappa shape index (κ3) is 3.39. The van der Waals surface area contributed by atoms with Crippen molar-refractivity contribution in [1.82, 2.24) is 5.32 Å². The molecule has 1 N–H and O–H groups in total. The number of nitrogens with one attached hydrogen (secondary N) is 1. The lowest BCUT2D eigenvalue weighted by atomic mass is 10.2. The average Bonchev–Trinajstić information content (AvgIpc) is 2.29. The van der Waals surface area contributed by atoms with Crippen LogP contribution in [0, 0.1) is 0 Å². The van der Waals surface area contributed by atoms with E-state index in [-0.39, 0.29) is 0 Å². The van der Waals surface area contributed by atoms with Crippen molar-refractivity contribution in [2.75, 3.05) is 20.3 Å². The SMILES string of the molecule is CCNCc1cc(Br)cc(OC)c1OCC. The van der Waals surface area contributed by atoms with Crippen molar-refractivity contribution in [3.63, 3.8) is 0 Å². The molecule has 0 radical (unpaired) electrons.